The largest absolute Gasteiger partial charge is 0.494 e. The number of nitrogens with one attached hydrogen (secondary N) is 1. The number of thioether (sulfide) groups is 1. The van der Waals surface area contributed by atoms with E-state index in [0.29, 0.717) is 24.1 Å². The molecule has 0 spiro atoms. The van der Waals surface area contributed by atoms with Crippen molar-refractivity contribution in [2.45, 2.75) is 26.0 Å². The first-order valence-electron chi connectivity index (χ1n) is 11.2. The highest BCUT2D eigenvalue weighted by Gasteiger charge is 2.33. The number of ether oxygens (including phenoxy) is 1. The van der Waals surface area contributed by atoms with Gasteiger partial charge in [0.05, 0.1) is 23.3 Å². The molecule has 2 aromatic carbocycles. The molecule has 1 atom stereocenters. The van der Waals surface area contributed by atoms with Crippen molar-refractivity contribution in [1.29, 1.82) is 0 Å². The summed E-state index contributed by atoms with van der Waals surface area (Å²) in [7, 11) is 0. The SMILES string of the molecule is CCOc1ccc([C@H]2SCC(=O)Nc3c2c(-c2ccccc2)nn3-c2nc(C)cc(C)n2)cc1. The molecule has 0 saturated carbocycles. The Hall–Kier alpha value is -3.65. The van der Waals surface area contributed by atoms with Crippen LogP contribution in [0, 0.1) is 13.8 Å². The quantitative estimate of drug-likeness (QED) is 0.435. The van der Waals surface area contributed by atoms with Gasteiger partial charge in [0.25, 0.3) is 5.95 Å². The van der Waals surface area contributed by atoms with Gasteiger partial charge in [0.1, 0.15) is 11.6 Å². The minimum atomic E-state index is -0.112. The van der Waals surface area contributed by atoms with Gasteiger partial charge in [-0.2, -0.15) is 9.78 Å². The van der Waals surface area contributed by atoms with Crippen molar-refractivity contribution in [2.75, 3.05) is 17.7 Å². The molecule has 4 aromatic rings. The number of carbonyl (C=O) groups excluding carboxylic acids is 1. The monoisotopic (exact) mass is 471 g/mol. The van der Waals surface area contributed by atoms with Crippen LogP contribution < -0.4 is 10.1 Å². The van der Waals surface area contributed by atoms with Crippen molar-refractivity contribution in [3.63, 3.8) is 0 Å². The van der Waals surface area contributed by atoms with Gasteiger partial charge in [-0.1, -0.05) is 42.5 Å². The molecule has 0 fully saturated rings. The maximum absolute atomic E-state index is 12.8. The summed E-state index contributed by atoms with van der Waals surface area (Å²) < 4.78 is 7.30. The number of anilines is 1. The fraction of sp³-hybridized carbons (Fsp3) is 0.231. The fourth-order valence-corrected chi connectivity index (χ4v) is 5.26. The van der Waals surface area contributed by atoms with Crippen molar-refractivity contribution < 1.29 is 9.53 Å². The van der Waals surface area contributed by atoms with Crippen LogP contribution in [0.15, 0.2) is 60.7 Å². The molecule has 0 unspecified atom stereocenters. The molecule has 34 heavy (non-hydrogen) atoms. The average Bonchev–Trinajstić information content (AvgIpc) is 3.10. The van der Waals surface area contributed by atoms with Crippen molar-refractivity contribution >= 4 is 23.5 Å². The number of hydrogen-bond donors (Lipinski definition) is 1. The first-order valence-corrected chi connectivity index (χ1v) is 12.2. The normalized spacial score (nSPS) is 15.4. The number of amides is 1. The van der Waals surface area contributed by atoms with Crippen LogP contribution in [0.5, 0.6) is 5.75 Å². The summed E-state index contributed by atoms with van der Waals surface area (Å²) in [6.45, 7) is 6.43. The Balaban J connectivity index is 1.74. The molecule has 3 heterocycles. The highest BCUT2D eigenvalue weighted by Crippen LogP contribution is 2.46. The molecule has 0 radical (unpaired) electrons. The number of nitrogens with zero attached hydrogens (tertiary/aromatic N) is 4. The maximum Gasteiger partial charge on any atom is 0.252 e. The number of benzene rings is 2. The highest BCUT2D eigenvalue weighted by atomic mass is 32.2. The standard InChI is InChI=1S/C26H25N5O2S/c1-4-33-20-12-10-19(11-13-20)24-22-23(18-8-6-5-7-9-18)30-31(25(22)29-21(32)15-34-24)26-27-16(2)14-17(3)28-26/h5-14,24H,4,15H2,1-3H3,(H,29,32)/t24-/m1/s1. The second kappa shape index (κ2) is 9.30. The molecular formula is C26H25N5O2S. The van der Waals surface area contributed by atoms with Gasteiger partial charge >= 0.3 is 0 Å². The third-order valence-corrected chi connectivity index (χ3v) is 6.79. The second-order valence-corrected chi connectivity index (χ2v) is 9.17. The Morgan fingerprint density at radius 2 is 1.76 bits per heavy atom. The van der Waals surface area contributed by atoms with E-state index in [1.165, 1.54) is 0 Å². The van der Waals surface area contributed by atoms with E-state index >= 15 is 0 Å². The number of aromatic nitrogens is 4. The highest BCUT2D eigenvalue weighted by molar-refractivity contribution is 8.00. The van der Waals surface area contributed by atoms with Crippen LogP contribution in [0.2, 0.25) is 0 Å². The number of carbonyl (C=O) groups is 1. The zero-order valence-corrected chi connectivity index (χ0v) is 20.1. The average molecular weight is 472 g/mol. The van der Waals surface area contributed by atoms with Gasteiger partial charge in [-0.05, 0) is 44.5 Å². The first-order chi connectivity index (χ1) is 16.5. The minimum absolute atomic E-state index is 0.0789. The lowest BCUT2D eigenvalue weighted by molar-refractivity contribution is -0.113. The van der Waals surface area contributed by atoms with Crippen LogP contribution in [0.25, 0.3) is 17.2 Å². The number of hydrogen-bond acceptors (Lipinski definition) is 6. The van der Waals surface area contributed by atoms with E-state index in [4.69, 9.17) is 9.84 Å². The molecule has 0 bridgehead atoms. The summed E-state index contributed by atoms with van der Waals surface area (Å²) in [4.78, 5) is 22.0. The Morgan fingerprint density at radius 1 is 1.06 bits per heavy atom. The van der Waals surface area contributed by atoms with E-state index in [2.05, 4.69) is 27.4 Å². The summed E-state index contributed by atoms with van der Waals surface area (Å²) in [5.41, 5.74) is 5.45. The van der Waals surface area contributed by atoms with Gasteiger partial charge in [-0.15, -0.1) is 11.8 Å². The van der Waals surface area contributed by atoms with Crippen molar-refractivity contribution in [1.82, 2.24) is 19.7 Å². The smallest absolute Gasteiger partial charge is 0.252 e. The molecule has 0 saturated heterocycles. The summed E-state index contributed by atoms with van der Waals surface area (Å²) in [5, 5.41) is 7.93. The van der Waals surface area contributed by atoms with Crippen LogP contribution >= 0.6 is 11.8 Å². The van der Waals surface area contributed by atoms with Gasteiger partial charge in [0.15, 0.2) is 0 Å². The van der Waals surface area contributed by atoms with E-state index in [9.17, 15) is 4.79 Å². The van der Waals surface area contributed by atoms with Crippen LogP contribution in [0.4, 0.5) is 5.82 Å². The minimum Gasteiger partial charge on any atom is -0.494 e. The summed E-state index contributed by atoms with van der Waals surface area (Å²) in [6, 6.07) is 20.0. The predicted octanol–water partition coefficient (Wildman–Crippen LogP) is 5.12. The summed E-state index contributed by atoms with van der Waals surface area (Å²) in [6.07, 6.45) is 0. The molecule has 5 rings (SSSR count). The Kier molecular flexibility index (Phi) is 6.06. The molecule has 0 aliphatic carbocycles. The predicted molar refractivity (Wildman–Crippen MR) is 135 cm³/mol. The lowest BCUT2D eigenvalue weighted by Gasteiger charge is -2.17. The summed E-state index contributed by atoms with van der Waals surface area (Å²) >= 11 is 1.58. The number of rotatable bonds is 5. The molecule has 1 N–H and O–H groups in total. The van der Waals surface area contributed by atoms with Gasteiger partial charge < -0.3 is 10.1 Å². The molecule has 1 amide bonds. The fourth-order valence-electron chi connectivity index (χ4n) is 4.13. The first kappa shape index (κ1) is 22.2. The van der Waals surface area contributed by atoms with E-state index in [-0.39, 0.29) is 11.2 Å². The van der Waals surface area contributed by atoms with Crippen molar-refractivity contribution in [2.24, 2.45) is 0 Å². The molecule has 7 nitrogen and oxygen atoms in total. The van der Waals surface area contributed by atoms with E-state index < -0.39 is 0 Å². The Morgan fingerprint density at radius 3 is 2.44 bits per heavy atom. The third kappa shape index (κ3) is 4.28. The topological polar surface area (TPSA) is 81.9 Å². The van der Waals surface area contributed by atoms with E-state index in [1.54, 1.807) is 16.4 Å². The maximum atomic E-state index is 12.8. The molecular weight excluding hydrogens is 446 g/mol. The molecule has 172 valence electrons. The Bertz CT molecular complexity index is 1320. The van der Waals surface area contributed by atoms with Crippen molar-refractivity contribution in [3.8, 4) is 23.0 Å². The summed E-state index contributed by atoms with van der Waals surface area (Å²) in [5.74, 6) is 2.12. The van der Waals surface area contributed by atoms with Crippen LogP contribution in [-0.4, -0.2) is 38.0 Å². The molecule has 2 aromatic heterocycles. The lowest BCUT2D eigenvalue weighted by atomic mass is 10.00. The van der Waals surface area contributed by atoms with Gasteiger partial charge in [-0.3, -0.25) is 4.79 Å². The second-order valence-electron chi connectivity index (χ2n) is 8.08. The van der Waals surface area contributed by atoms with E-state index in [0.717, 1.165) is 39.5 Å². The molecule has 8 heteroatoms. The van der Waals surface area contributed by atoms with Gasteiger partial charge in [-0.25, -0.2) is 9.97 Å². The van der Waals surface area contributed by atoms with Crippen LogP contribution in [-0.2, 0) is 4.79 Å². The number of aryl methyl sites for hydroxylation is 2. The van der Waals surface area contributed by atoms with Gasteiger partial charge in [0.2, 0.25) is 5.91 Å². The van der Waals surface area contributed by atoms with Gasteiger partial charge in [0, 0.05) is 22.5 Å². The van der Waals surface area contributed by atoms with E-state index in [1.807, 2.05) is 69.3 Å². The van der Waals surface area contributed by atoms with Crippen molar-refractivity contribution in [3.05, 3.63) is 83.2 Å². The lowest BCUT2D eigenvalue weighted by Crippen LogP contribution is -2.17. The zero-order chi connectivity index (χ0) is 23.7. The number of fused-ring (bicyclic) bond motifs is 1. The Labute approximate surface area is 202 Å². The van der Waals surface area contributed by atoms with Crippen LogP contribution in [0.3, 0.4) is 0 Å². The third-order valence-electron chi connectivity index (χ3n) is 5.52. The molecule has 1 aliphatic heterocycles. The van der Waals surface area contributed by atoms with Crippen LogP contribution in [0.1, 0.15) is 34.7 Å². The zero-order valence-electron chi connectivity index (χ0n) is 19.3. The molecule has 1 aliphatic rings.